The molecule has 25 heavy (non-hydrogen) atoms. The molecule has 1 aliphatic rings. The van der Waals surface area contributed by atoms with Crippen molar-refractivity contribution in [2.75, 3.05) is 13.1 Å². The Hall–Kier alpha value is -2.74. The molecule has 0 atom stereocenters. The molecule has 1 fully saturated rings. The maximum absolute atomic E-state index is 12.7. The molecule has 1 aromatic heterocycles. The number of rotatable bonds is 4. The van der Waals surface area contributed by atoms with Gasteiger partial charge < -0.3 is 10.0 Å². The third kappa shape index (κ3) is 3.69. The van der Waals surface area contributed by atoms with Gasteiger partial charge in [-0.3, -0.25) is 14.9 Å². The summed E-state index contributed by atoms with van der Waals surface area (Å²) < 4.78 is 0. The van der Waals surface area contributed by atoms with Crippen LogP contribution >= 0.6 is 11.3 Å². The lowest BCUT2D eigenvalue weighted by Crippen LogP contribution is -2.38. The number of aromatic carboxylic acids is 1. The first-order chi connectivity index (χ1) is 12.0. The van der Waals surface area contributed by atoms with Crippen molar-refractivity contribution in [3.05, 3.63) is 61.8 Å². The Morgan fingerprint density at radius 1 is 1.20 bits per heavy atom. The summed E-state index contributed by atoms with van der Waals surface area (Å²) >= 11 is 1.65. The molecule has 1 saturated heterocycles. The third-order valence-electron chi connectivity index (χ3n) is 4.42. The largest absolute Gasteiger partial charge is 0.478 e. The van der Waals surface area contributed by atoms with E-state index in [0.717, 1.165) is 25.0 Å². The van der Waals surface area contributed by atoms with E-state index in [-0.39, 0.29) is 17.0 Å². The molecule has 0 saturated carbocycles. The zero-order chi connectivity index (χ0) is 18.0. The van der Waals surface area contributed by atoms with Gasteiger partial charge in [0.1, 0.15) is 0 Å². The van der Waals surface area contributed by atoms with Crippen LogP contribution in [-0.4, -0.2) is 39.9 Å². The van der Waals surface area contributed by atoms with Crippen LogP contribution in [0.25, 0.3) is 0 Å². The van der Waals surface area contributed by atoms with Gasteiger partial charge in [0, 0.05) is 30.8 Å². The van der Waals surface area contributed by atoms with Crippen molar-refractivity contribution >= 4 is 28.9 Å². The predicted octanol–water partition coefficient (Wildman–Crippen LogP) is 3.37. The number of nitro benzene ring substituents is 1. The van der Waals surface area contributed by atoms with Crippen molar-refractivity contribution in [1.82, 2.24) is 4.90 Å². The first-order valence-corrected chi connectivity index (χ1v) is 8.74. The van der Waals surface area contributed by atoms with E-state index in [4.69, 9.17) is 5.11 Å². The van der Waals surface area contributed by atoms with E-state index in [2.05, 4.69) is 11.4 Å². The fraction of sp³-hybridized carbons (Fsp3) is 0.294. The Morgan fingerprint density at radius 2 is 1.88 bits per heavy atom. The molecule has 0 spiro atoms. The number of likely N-dealkylation sites (tertiary alicyclic amines) is 1. The van der Waals surface area contributed by atoms with Gasteiger partial charge >= 0.3 is 5.97 Å². The highest BCUT2D eigenvalue weighted by Crippen LogP contribution is 2.30. The van der Waals surface area contributed by atoms with Crippen LogP contribution in [0.1, 0.15) is 45.0 Å². The van der Waals surface area contributed by atoms with Crippen LogP contribution in [-0.2, 0) is 0 Å². The van der Waals surface area contributed by atoms with Crippen LogP contribution in [0.15, 0.2) is 35.0 Å². The molecule has 1 amide bonds. The molecule has 8 heteroatoms. The van der Waals surface area contributed by atoms with Crippen LogP contribution in [0, 0.1) is 10.1 Å². The normalized spacial score (nSPS) is 15.1. The number of carbonyl (C=O) groups is 2. The molecule has 3 rings (SSSR count). The number of carboxylic acids is 1. The molecule has 0 aliphatic carbocycles. The average molecular weight is 360 g/mol. The van der Waals surface area contributed by atoms with Crippen LogP contribution in [0.5, 0.6) is 0 Å². The van der Waals surface area contributed by atoms with E-state index >= 15 is 0 Å². The van der Waals surface area contributed by atoms with Gasteiger partial charge in [-0.25, -0.2) is 4.79 Å². The number of benzene rings is 1. The maximum atomic E-state index is 12.7. The van der Waals surface area contributed by atoms with Gasteiger partial charge in [-0.1, -0.05) is 0 Å². The summed E-state index contributed by atoms with van der Waals surface area (Å²) in [5, 5.41) is 24.2. The zero-order valence-electron chi connectivity index (χ0n) is 13.3. The SMILES string of the molecule is O=C(O)c1cc(C(=O)N2CCC(c3ccsc3)CC2)cc([N+](=O)[O-])c1. The van der Waals surface area contributed by atoms with Gasteiger partial charge in [-0.15, -0.1) is 0 Å². The van der Waals surface area contributed by atoms with Gasteiger partial charge in [-0.05, 0) is 47.2 Å². The number of nitro groups is 1. The van der Waals surface area contributed by atoms with Crippen LogP contribution in [0.4, 0.5) is 5.69 Å². The molecule has 2 heterocycles. The Morgan fingerprint density at radius 3 is 2.44 bits per heavy atom. The molecule has 2 aromatic rings. The van der Waals surface area contributed by atoms with Crippen LogP contribution in [0.2, 0.25) is 0 Å². The Balaban J connectivity index is 1.77. The Bertz CT molecular complexity index is 778. The number of amides is 1. The highest BCUT2D eigenvalue weighted by atomic mass is 32.1. The lowest BCUT2D eigenvalue weighted by atomic mass is 9.91. The van der Waals surface area contributed by atoms with E-state index < -0.39 is 16.6 Å². The van der Waals surface area contributed by atoms with Gasteiger partial charge in [0.15, 0.2) is 0 Å². The lowest BCUT2D eigenvalue weighted by Gasteiger charge is -2.32. The minimum Gasteiger partial charge on any atom is -0.478 e. The second-order valence-corrected chi connectivity index (χ2v) is 6.73. The van der Waals surface area contributed by atoms with E-state index in [0.29, 0.717) is 19.0 Å². The van der Waals surface area contributed by atoms with Crippen molar-refractivity contribution in [3.63, 3.8) is 0 Å². The van der Waals surface area contributed by atoms with Crippen LogP contribution in [0.3, 0.4) is 0 Å². The lowest BCUT2D eigenvalue weighted by molar-refractivity contribution is -0.384. The van der Waals surface area contributed by atoms with Crippen molar-refractivity contribution in [1.29, 1.82) is 0 Å². The minimum atomic E-state index is -1.30. The molecule has 1 aromatic carbocycles. The minimum absolute atomic E-state index is 0.0422. The van der Waals surface area contributed by atoms with Crippen molar-refractivity contribution in [2.24, 2.45) is 0 Å². The van der Waals surface area contributed by atoms with Gasteiger partial charge in [0.2, 0.25) is 0 Å². The highest BCUT2D eigenvalue weighted by Gasteiger charge is 2.26. The molecule has 130 valence electrons. The molecular weight excluding hydrogens is 344 g/mol. The van der Waals surface area contributed by atoms with E-state index in [1.807, 2.05) is 5.38 Å². The van der Waals surface area contributed by atoms with E-state index in [1.165, 1.54) is 11.6 Å². The topological polar surface area (TPSA) is 101 Å². The maximum Gasteiger partial charge on any atom is 0.335 e. The molecule has 0 radical (unpaired) electrons. The van der Waals surface area contributed by atoms with E-state index in [9.17, 15) is 19.7 Å². The quantitative estimate of drug-likeness (QED) is 0.665. The Labute approximate surface area is 147 Å². The number of carbonyl (C=O) groups excluding carboxylic acids is 1. The van der Waals surface area contributed by atoms with Crippen molar-refractivity contribution in [3.8, 4) is 0 Å². The molecule has 0 bridgehead atoms. The van der Waals surface area contributed by atoms with E-state index in [1.54, 1.807) is 16.2 Å². The summed E-state index contributed by atoms with van der Waals surface area (Å²) in [5.41, 5.74) is 0.670. The molecule has 0 unspecified atom stereocenters. The first-order valence-electron chi connectivity index (χ1n) is 7.80. The molecule has 1 N–H and O–H groups in total. The second-order valence-electron chi connectivity index (χ2n) is 5.95. The predicted molar refractivity (Wildman–Crippen MR) is 92.3 cm³/mol. The fourth-order valence-electron chi connectivity index (χ4n) is 3.07. The standard InChI is InChI=1S/C17H16N2O5S/c20-16(13-7-14(17(21)22)9-15(8-13)19(23)24)18-4-1-11(2-5-18)12-3-6-25-10-12/h3,6-11H,1-2,4-5H2,(H,21,22). The van der Waals surface area contributed by atoms with Crippen LogP contribution < -0.4 is 0 Å². The highest BCUT2D eigenvalue weighted by molar-refractivity contribution is 7.07. The number of thiophene rings is 1. The summed E-state index contributed by atoms with van der Waals surface area (Å²) in [6.07, 6.45) is 1.65. The summed E-state index contributed by atoms with van der Waals surface area (Å²) in [5.74, 6) is -1.25. The first kappa shape index (κ1) is 17.1. The summed E-state index contributed by atoms with van der Waals surface area (Å²) in [7, 11) is 0. The van der Waals surface area contributed by atoms with Crippen molar-refractivity contribution in [2.45, 2.75) is 18.8 Å². The third-order valence-corrected chi connectivity index (χ3v) is 5.12. The van der Waals surface area contributed by atoms with Gasteiger partial charge in [-0.2, -0.15) is 11.3 Å². The van der Waals surface area contributed by atoms with Crippen molar-refractivity contribution < 1.29 is 19.6 Å². The average Bonchev–Trinajstić information content (AvgIpc) is 3.15. The number of non-ortho nitro benzene ring substituents is 1. The molecule has 7 nitrogen and oxygen atoms in total. The van der Waals surface area contributed by atoms with Gasteiger partial charge in [0.25, 0.3) is 11.6 Å². The second kappa shape index (κ2) is 7.02. The monoisotopic (exact) mass is 360 g/mol. The number of carboxylic acid groups (broad SMARTS) is 1. The summed E-state index contributed by atoms with van der Waals surface area (Å²) in [6.45, 7) is 1.09. The summed E-state index contributed by atoms with van der Waals surface area (Å²) in [6, 6.07) is 5.39. The summed E-state index contributed by atoms with van der Waals surface area (Å²) in [4.78, 5) is 35.7. The number of hydrogen-bond acceptors (Lipinski definition) is 5. The number of piperidine rings is 1. The smallest absolute Gasteiger partial charge is 0.335 e. The fourth-order valence-corrected chi connectivity index (χ4v) is 3.81. The molecular formula is C17H16N2O5S. The molecule has 1 aliphatic heterocycles. The Kier molecular flexibility index (Phi) is 4.80. The zero-order valence-corrected chi connectivity index (χ0v) is 14.1. The number of hydrogen-bond donors (Lipinski definition) is 1. The number of nitrogens with zero attached hydrogens (tertiary/aromatic N) is 2. The van der Waals surface area contributed by atoms with Gasteiger partial charge in [0.05, 0.1) is 10.5 Å².